The summed E-state index contributed by atoms with van der Waals surface area (Å²) in [6.45, 7) is 2.11. The highest BCUT2D eigenvalue weighted by atomic mass is 35.5. The lowest BCUT2D eigenvalue weighted by molar-refractivity contribution is 0.770. The molecule has 0 saturated carbocycles. The van der Waals surface area contributed by atoms with E-state index in [4.69, 9.17) is 34.8 Å². The molecule has 0 aromatic carbocycles. The third-order valence-corrected chi connectivity index (χ3v) is 3.78. The molecule has 0 bridgehead atoms. The molecule has 1 aromatic rings. The molecule has 1 aromatic heterocycles. The number of halogens is 3. The Morgan fingerprint density at radius 1 is 1.38 bits per heavy atom. The van der Waals surface area contributed by atoms with Crippen LogP contribution in [0.25, 0.3) is 0 Å². The van der Waals surface area contributed by atoms with Gasteiger partial charge in [0.05, 0.1) is 10.0 Å². The molecule has 1 unspecified atom stereocenters. The molecule has 1 N–H and O–H groups in total. The molecule has 0 aliphatic carbocycles. The summed E-state index contributed by atoms with van der Waals surface area (Å²) in [6.07, 6.45) is 3.06. The zero-order chi connectivity index (χ0) is 12.1. The van der Waals surface area contributed by atoms with Gasteiger partial charge in [-0.3, -0.25) is 0 Å². The summed E-state index contributed by atoms with van der Waals surface area (Å²) in [5, 5.41) is 4.39. The fourth-order valence-corrected chi connectivity index (χ4v) is 2.48. The summed E-state index contributed by atoms with van der Waals surface area (Å²) in [7, 11) is 0. The zero-order valence-electron chi connectivity index (χ0n) is 9.06. The highest BCUT2D eigenvalue weighted by Gasteiger charge is 2.11. The maximum atomic E-state index is 6.03. The fourth-order valence-electron chi connectivity index (χ4n) is 1.20. The predicted molar refractivity (Wildman–Crippen MR) is 75.4 cm³/mol. The highest BCUT2D eigenvalue weighted by Crippen LogP contribution is 2.29. The number of rotatable bonds is 5. The monoisotopic (exact) mass is 298 g/mol. The van der Waals surface area contributed by atoms with Gasteiger partial charge < -0.3 is 5.32 Å². The van der Waals surface area contributed by atoms with E-state index in [2.05, 4.69) is 23.5 Å². The molecule has 1 rings (SSSR count). The van der Waals surface area contributed by atoms with Crippen LogP contribution in [0.3, 0.4) is 0 Å². The Morgan fingerprint density at radius 3 is 2.62 bits per heavy atom. The molecule has 0 spiro atoms. The van der Waals surface area contributed by atoms with E-state index < -0.39 is 0 Å². The second-order valence-corrected chi connectivity index (χ2v) is 5.38. The third kappa shape index (κ3) is 3.88. The summed E-state index contributed by atoms with van der Waals surface area (Å²) >= 11 is 19.5. The lowest BCUT2D eigenvalue weighted by Crippen LogP contribution is -2.22. The van der Waals surface area contributed by atoms with Gasteiger partial charge in [-0.25, -0.2) is 4.98 Å². The topological polar surface area (TPSA) is 24.9 Å². The van der Waals surface area contributed by atoms with E-state index in [0.717, 1.165) is 12.2 Å². The average molecular weight is 300 g/mol. The molecule has 1 heterocycles. The van der Waals surface area contributed by atoms with Crippen molar-refractivity contribution in [3.63, 3.8) is 0 Å². The molecule has 2 nitrogen and oxygen atoms in total. The molecule has 0 fully saturated rings. The van der Waals surface area contributed by atoms with Crippen LogP contribution in [0.5, 0.6) is 0 Å². The van der Waals surface area contributed by atoms with Crippen LogP contribution in [0.15, 0.2) is 6.07 Å². The summed E-state index contributed by atoms with van der Waals surface area (Å²) in [6, 6.07) is 1.93. The standard InChI is InChI=1S/C10H13Cl3N2S/c1-3-6(5-16-2)14-10-8(12)4-7(11)9(13)15-10/h4,6H,3,5H2,1-2H3,(H,14,15). The van der Waals surface area contributed by atoms with Crippen LogP contribution in [0.4, 0.5) is 5.82 Å². The van der Waals surface area contributed by atoms with Crippen molar-refractivity contribution in [3.8, 4) is 0 Å². The average Bonchev–Trinajstić information content (AvgIpc) is 2.25. The van der Waals surface area contributed by atoms with Crippen LogP contribution in [0, 0.1) is 0 Å². The number of nitrogens with zero attached hydrogens (tertiary/aromatic N) is 1. The number of hydrogen-bond donors (Lipinski definition) is 1. The Bertz CT molecular complexity index is 360. The molecule has 0 saturated heterocycles. The lowest BCUT2D eigenvalue weighted by Gasteiger charge is -2.17. The fraction of sp³-hybridized carbons (Fsp3) is 0.500. The van der Waals surface area contributed by atoms with Crippen molar-refractivity contribution in [1.82, 2.24) is 4.98 Å². The number of anilines is 1. The molecule has 6 heteroatoms. The van der Waals surface area contributed by atoms with Gasteiger partial charge >= 0.3 is 0 Å². The molecule has 0 radical (unpaired) electrons. The quantitative estimate of drug-likeness (QED) is 0.805. The van der Waals surface area contributed by atoms with Crippen molar-refractivity contribution in [3.05, 3.63) is 21.3 Å². The van der Waals surface area contributed by atoms with Gasteiger partial charge in [0.2, 0.25) is 0 Å². The van der Waals surface area contributed by atoms with E-state index in [1.807, 2.05) is 0 Å². The van der Waals surface area contributed by atoms with Gasteiger partial charge in [-0.15, -0.1) is 0 Å². The van der Waals surface area contributed by atoms with Crippen molar-refractivity contribution >= 4 is 52.4 Å². The number of nitrogens with one attached hydrogen (secondary N) is 1. The normalized spacial score (nSPS) is 12.6. The van der Waals surface area contributed by atoms with Crippen molar-refractivity contribution in [2.45, 2.75) is 19.4 Å². The van der Waals surface area contributed by atoms with E-state index in [-0.39, 0.29) is 5.15 Å². The Kier molecular flexibility index (Phi) is 6.05. The van der Waals surface area contributed by atoms with E-state index in [1.54, 1.807) is 17.8 Å². The Hall–Kier alpha value is 0.170. The lowest BCUT2D eigenvalue weighted by atomic mass is 10.2. The van der Waals surface area contributed by atoms with Gasteiger partial charge in [-0.05, 0) is 18.7 Å². The van der Waals surface area contributed by atoms with Crippen LogP contribution < -0.4 is 5.32 Å². The van der Waals surface area contributed by atoms with Crippen molar-refractivity contribution in [2.24, 2.45) is 0 Å². The van der Waals surface area contributed by atoms with Gasteiger partial charge in [0, 0.05) is 11.8 Å². The molecule has 0 aliphatic rings. The summed E-state index contributed by atoms with van der Waals surface area (Å²) < 4.78 is 0. The minimum atomic E-state index is 0.271. The zero-order valence-corrected chi connectivity index (χ0v) is 12.1. The molecule has 90 valence electrons. The number of thioether (sulfide) groups is 1. The van der Waals surface area contributed by atoms with E-state index >= 15 is 0 Å². The van der Waals surface area contributed by atoms with Gasteiger partial charge in [0.25, 0.3) is 0 Å². The second-order valence-electron chi connectivity index (χ2n) is 3.30. The van der Waals surface area contributed by atoms with Gasteiger partial charge in [-0.1, -0.05) is 41.7 Å². The smallest absolute Gasteiger partial charge is 0.150 e. The summed E-state index contributed by atoms with van der Waals surface area (Å²) in [5.41, 5.74) is 0. The first-order valence-corrected chi connectivity index (χ1v) is 7.38. The first-order chi connectivity index (χ1) is 7.58. The first kappa shape index (κ1) is 14.2. The number of hydrogen-bond acceptors (Lipinski definition) is 3. The summed E-state index contributed by atoms with van der Waals surface area (Å²) in [5.74, 6) is 1.59. The Balaban J connectivity index is 2.83. The SMILES string of the molecule is CCC(CSC)Nc1nc(Cl)c(Cl)cc1Cl. The Morgan fingerprint density at radius 2 is 2.06 bits per heavy atom. The summed E-state index contributed by atoms with van der Waals surface area (Å²) in [4.78, 5) is 4.12. The maximum Gasteiger partial charge on any atom is 0.150 e. The molecule has 1 atom stereocenters. The largest absolute Gasteiger partial charge is 0.365 e. The highest BCUT2D eigenvalue weighted by molar-refractivity contribution is 7.98. The van der Waals surface area contributed by atoms with Gasteiger partial charge in [0.15, 0.2) is 0 Å². The van der Waals surface area contributed by atoms with Crippen LogP contribution in [-0.2, 0) is 0 Å². The van der Waals surface area contributed by atoms with Crippen LogP contribution in [0.1, 0.15) is 13.3 Å². The second kappa shape index (κ2) is 6.80. The molecule has 0 aliphatic heterocycles. The van der Waals surface area contributed by atoms with Crippen molar-refractivity contribution in [1.29, 1.82) is 0 Å². The van der Waals surface area contributed by atoms with Crippen molar-refractivity contribution in [2.75, 3.05) is 17.3 Å². The minimum absolute atomic E-state index is 0.271. The predicted octanol–water partition coefficient (Wildman–Crippen LogP) is 4.60. The maximum absolute atomic E-state index is 6.03. The molecule has 0 amide bonds. The van der Waals surface area contributed by atoms with Crippen LogP contribution >= 0.6 is 46.6 Å². The first-order valence-electron chi connectivity index (χ1n) is 4.85. The van der Waals surface area contributed by atoms with E-state index in [0.29, 0.717) is 21.9 Å². The van der Waals surface area contributed by atoms with Crippen molar-refractivity contribution < 1.29 is 0 Å². The van der Waals surface area contributed by atoms with Crippen LogP contribution in [0.2, 0.25) is 15.2 Å². The Labute approximate surface area is 115 Å². The molecular weight excluding hydrogens is 287 g/mol. The van der Waals surface area contributed by atoms with Crippen LogP contribution in [-0.4, -0.2) is 23.0 Å². The number of pyridine rings is 1. The molecule has 16 heavy (non-hydrogen) atoms. The van der Waals surface area contributed by atoms with E-state index in [1.165, 1.54) is 0 Å². The van der Waals surface area contributed by atoms with Gasteiger partial charge in [-0.2, -0.15) is 11.8 Å². The molecular formula is C10H13Cl3N2S. The van der Waals surface area contributed by atoms with Gasteiger partial charge in [0.1, 0.15) is 11.0 Å². The number of aromatic nitrogens is 1. The minimum Gasteiger partial charge on any atom is -0.365 e. The van der Waals surface area contributed by atoms with E-state index in [9.17, 15) is 0 Å². The third-order valence-electron chi connectivity index (χ3n) is 2.09.